The number of benzene rings is 1. The Labute approximate surface area is 144 Å². The predicted octanol–water partition coefficient (Wildman–Crippen LogP) is 2.38. The van der Waals surface area contributed by atoms with Crippen LogP contribution in [0.3, 0.4) is 0 Å². The van der Waals surface area contributed by atoms with Gasteiger partial charge in [-0.25, -0.2) is 13.2 Å². The van der Waals surface area contributed by atoms with Crippen molar-refractivity contribution in [1.82, 2.24) is 9.80 Å². The molecule has 138 valence electrons. The summed E-state index contributed by atoms with van der Waals surface area (Å²) in [7, 11) is 1.60. The summed E-state index contributed by atoms with van der Waals surface area (Å²) in [6.45, 7) is 2.94. The number of hydrogen-bond donors (Lipinski definition) is 1. The number of carbonyl (C=O) groups excluding carboxylic acids is 2. The minimum absolute atomic E-state index is 0.0611. The predicted molar refractivity (Wildman–Crippen MR) is 87.5 cm³/mol. The van der Waals surface area contributed by atoms with Gasteiger partial charge in [-0.05, 0) is 45.4 Å². The summed E-state index contributed by atoms with van der Waals surface area (Å²) in [5.74, 6) is -5.10. The lowest BCUT2D eigenvalue weighted by Crippen LogP contribution is -2.49. The molecule has 0 unspecified atom stereocenters. The van der Waals surface area contributed by atoms with Crippen LogP contribution in [-0.4, -0.2) is 54.3 Å². The molecular weight excluding hydrogens is 335 g/mol. The van der Waals surface area contributed by atoms with Gasteiger partial charge in [0.25, 0.3) is 0 Å². The lowest BCUT2D eigenvalue weighted by molar-refractivity contribution is -0.137. The molecule has 1 aromatic rings. The molecule has 1 heterocycles. The van der Waals surface area contributed by atoms with Crippen LogP contribution in [-0.2, 0) is 9.59 Å². The second-order valence-electron chi connectivity index (χ2n) is 6.25. The molecule has 2 rings (SSSR count). The number of hydrogen-bond acceptors (Lipinski definition) is 3. The lowest BCUT2D eigenvalue weighted by atomic mass is 10.1. The molecular formula is C17H22F3N3O2. The maximum Gasteiger partial charge on any atom is 0.239 e. The van der Waals surface area contributed by atoms with E-state index in [0.29, 0.717) is 13.1 Å². The van der Waals surface area contributed by atoms with E-state index in [0.717, 1.165) is 31.4 Å². The molecule has 5 nitrogen and oxygen atoms in total. The molecule has 2 amide bonds. The number of nitrogens with one attached hydrogen (secondary N) is 1. The Bertz CT molecular complexity index is 648. The zero-order valence-corrected chi connectivity index (χ0v) is 14.3. The van der Waals surface area contributed by atoms with Crippen molar-refractivity contribution in [3.8, 4) is 0 Å². The molecule has 1 aliphatic rings. The molecule has 0 radical (unpaired) electrons. The zero-order valence-electron chi connectivity index (χ0n) is 14.3. The van der Waals surface area contributed by atoms with Gasteiger partial charge in [0.1, 0.15) is 0 Å². The zero-order chi connectivity index (χ0) is 18.6. The van der Waals surface area contributed by atoms with E-state index in [-0.39, 0.29) is 12.5 Å². The van der Waals surface area contributed by atoms with Gasteiger partial charge in [0.15, 0.2) is 17.5 Å². The molecule has 1 aliphatic heterocycles. The van der Waals surface area contributed by atoms with Gasteiger partial charge in [-0.15, -0.1) is 0 Å². The van der Waals surface area contributed by atoms with Gasteiger partial charge in [-0.1, -0.05) is 0 Å². The number of piperidine rings is 1. The fourth-order valence-corrected chi connectivity index (χ4v) is 2.74. The van der Waals surface area contributed by atoms with Crippen molar-refractivity contribution in [2.45, 2.75) is 32.2 Å². The van der Waals surface area contributed by atoms with Crippen LogP contribution in [0.5, 0.6) is 0 Å². The molecule has 0 saturated carbocycles. The number of halogens is 3. The second-order valence-corrected chi connectivity index (χ2v) is 6.25. The third-order valence-electron chi connectivity index (χ3n) is 4.39. The van der Waals surface area contributed by atoms with Crippen molar-refractivity contribution >= 4 is 17.5 Å². The first kappa shape index (κ1) is 19.2. The topological polar surface area (TPSA) is 52.7 Å². The number of nitrogens with zero attached hydrogens (tertiary/aromatic N) is 2. The van der Waals surface area contributed by atoms with E-state index in [9.17, 15) is 22.8 Å². The van der Waals surface area contributed by atoms with Crippen molar-refractivity contribution in [3.05, 3.63) is 29.6 Å². The number of rotatable bonds is 5. The minimum Gasteiger partial charge on any atom is -0.341 e. The SMILES string of the molecule is C[C@H](C(=O)N1CCCCC1)N(C)CC(=O)Nc1ccc(F)c(F)c1F. The van der Waals surface area contributed by atoms with Crippen molar-refractivity contribution in [2.24, 2.45) is 0 Å². The maximum absolute atomic E-state index is 13.6. The Balaban J connectivity index is 1.93. The van der Waals surface area contributed by atoms with Gasteiger partial charge in [0, 0.05) is 13.1 Å². The smallest absolute Gasteiger partial charge is 0.239 e. The molecule has 0 aliphatic carbocycles. The quantitative estimate of drug-likeness (QED) is 0.824. The van der Waals surface area contributed by atoms with Crippen molar-refractivity contribution in [2.75, 3.05) is 32.0 Å². The molecule has 0 aromatic heterocycles. The standard InChI is InChI=1S/C17H22F3N3O2/c1-11(17(25)23-8-4-3-5-9-23)22(2)10-14(24)21-13-7-6-12(18)15(19)16(13)20/h6-7,11H,3-5,8-10H2,1-2H3,(H,21,24)/t11-/m1/s1. The Morgan fingerprint density at radius 2 is 1.80 bits per heavy atom. The van der Waals surface area contributed by atoms with E-state index in [1.54, 1.807) is 18.9 Å². The van der Waals surface area contributed by atoms with E-state index >= 15 is 0 Å². The van der Waals surface area contributed by atoms with E-state index < -0.39 is 35.1 Å². The van der Waals surface area contributed by atoms with Gasteiger partial charge in [0.2, 0.25) is 11.8 Å². The summed E-state index contributed by atoms with van der Waals surface area (Å²) in [6, 6.07) is 1.17. The van der Waals surface area contributed by atoms with E-state index in [4.69, 9.17) is 0 Å². The Hall–Kier alpha value is -2.09. The number of anilines is 1. The summed E-state index contributed by atoms with van der Waals surface area (Å²) < 4.78 is 39.7. The Kier molecular flexibility index (Phi) is 6.41. The largest absolute Gasteiger partial charge is 0.341 e. The molecule has 1 saturated heterocycles. The normalized spacial score (nSPS) is 16.0. The van der Waals surface area contributed by atoms with Gasteiger partial charge in [0.05, 0.1) is 18.3 Å². The summed E-state index contributed by atoms with van der Waals surface area (Å²) in [5.41, 5.74) is -0.438. The summed E-state index contributed by atoms with van der Waals surface area (Å²) in [6.07, 6.45) is 3.05. The Morgan fingerprint density at radius 1 is 1.16 bits per heavy atom. The number of likely N-dealkylation sites (N-methyl/N-ethyl adjacent to an activating group) is 1. The first-order valence-corrected chi connectivity index (χ1v) is 8.23. The highest BCUT2D eigenvalue weighted by atomic mass is 19.2. The molecule has 1 fully saturated rings. The summed E-state index contributed by atoms with van der Waals surface area (Å²) >= 11 is 0. The van der Waals surface area contributed by atoms with Crippen molar-refractivity contribution < 1.29 is 22.8 Å². The van der Waals surface area contributed by atoms with Gasteiger partial charge < -0.3 is 10.2 Å². The van der Waals surface area contributed by atoms with Crippen LogP contribution < -0.4 is 5.32 Å². The molecule has 1 N–H and O–H groups in total. The Morgan fingerprint density at radius 3 is 2.44 bits per heavy atom. The number of amides is 2. The van der Waals surface area contributed by atoms with E-state index in [2.05, 4.69) is 5.32 Å². The highest BCUT2D eigenvalue weighted by molar-refractivity contribution is 5.93. The number of likely N-dealkylation sites (tertiary alicyclic amines) is 1. The van der Waals surface area contributed by atoms with E-state index in [1.807, 2.05) is 0 Å². The monoisotopic (exact) mass is 357 g/mol. The van der Waals surface area contributed by atoms with Crippen molar-refractivity contribution in [3.63, 3.8) is 0 Å². The average molecular weight is 357 g/mol. The van der Waals surface area contributed by atoms with Crippen LogP contribution in [0.25, 0.3) is 0 Å². The second kappa shape index (κ2) is 8.33. The van der Waals surface area contributed by atoms with Gasteiger partial charge in [-0.3, -0.25) is 14.5 Å². The van der Waals surface area contributed by atoms with Crippen LogP contribution in [0.15, 0.2) is 12.1 Å². The molecule has 1 atom stereocenters. The molecule has 0 bridgehead atoms. The highest BCUT2D eigenvalue weighted by Crippen LogP contribution is 2.19. The van der Waals surface area contributed by atoms with Crippen LogP contribution >= 0.6 is 0 Å². The average Bonchev–Trinajstić information content (AvgIpc) is 2.61. The molecule has 1 aromatic carbocycles. The molecule has 25 heavy (non-hydrogen) atoms. The highest BCUT2D eigenvalue weighted by Gasteiger charge is 2.26. The van der Waals surface area contributed by atoms with Crippen molar-refractivity contribution in [1.29, 1.82) is 0 Å². The van der Waals surface area contributed by atoms with Crippen LogP contribution in [0.4, 0.5) is 18.9 Å². The third-order valence-corrected chi connectivity index (χ3v) is 4.39. The molecule has 8 heteroatoms. The van der Waals surface area contributed by atoms with Gasteiger partial charge in [-0.2, -0.15) is 0 Å². The first-order valence-electron chi connectivity index (χ1n) is 8.23. The van der Waals surface area contributed by atoms with E-state index in [1.165, 1.54) is 4.90 Å². The third kappa shape index (κ3) is 4.72. The maximum atomic E-state index is 13.6. The van der Waals surface area contributed by atoms with Crippen LogP contribution in [0.1, 0.15) is 26.2 Å². The number of carbonyl (C=O) groups is 2. The van der Waals surface area contributed by atoms with Gasteiger partial charge >= 0.3 is 0 Å². The fourth-order valence-electron chi connectivity index (χ4n) is 2.74. The fraction of sp³-hybridized carbons (Fsp3) is 0.529. The lowest BCUT2D eigenvalue weighted by Gasteiger charge is -2.32. The van der Waals surface area contributed by atoms with Crippen LogP contribution in [0.2, 0.25) is 0 Å². The molecule has 0 spiro atoms. The van der Waals surface area contributed by atoms with Crippen LogP contribution in [0, 0.1) is 17.5 Å². The summed E-state index contributed by atoms with van der Waals surface area (Å²) in [5, 5.41) is 2.20. The summed E-state index contributed by atoms with van der Waals surface area (Å²) in [4.78, 5) is 27.7. The minimum atomic E-state index is -1.64. The first-order chi connectivity index (χ1) is 11.8.